The van der Waals surface area contributed by atoms with Crippen LogP contribution < -0.4 is 10.6 Å². The van der Waals surface area contributed by atoms with Gasteiger partial charge in [-0.3, -0.25) is 4.98 Å². The molecule has 2 atom stereocenters. The van der Waals surface area contributed by atoms with E-state index in [9.17, 15) is 0 Å². The SMILES string of the molecule is c1cc(-c2ccc(-c3cnc(C4CCCN4)[nH]3)cc2)ncc1-c1ccc2nc(C3CCCN3)[nH]c2c1. The smallest absolute Gasteiger partial charge is 0.124 e. The number of hydrogen-bond donors (Lipinski definition) is 4. The van der Waals surface area contributed by atoms with Crippen molar-refractivity contribution < 1.29 is 0 Å². The number of fused-ring (bicyclic) bond motifs is 1. The second-order valence-corrected chi connectivity index (χ2v) is 9.84. The van der Waals surface area contributed by atoms with Crippen molar-refractivity contribution in [3.05, 3.63) is 78.6 Å². The Hall–Kier alpha value is -3.81. The molecule has 0 amide bonds. The Labute approximate surface area is 209 Å². The molecular weight excluding hydrogens is 446 g/mol. The van der Waals surface area contributed by atoms with E-state index in [1.54, 1.807) is 0 Å². The Morgan fingerprint density at radius 2 is 1.36 bits per heavy atom. The van der Waals surface area contributed by atoms with Crippen molar-refractivity contribution in [1.82, 2.24) is 35.6 Å². The summed E-state index contributed by atoms with van der Waals surface area (Å²) in [6, 6.07) is 19.8. The van der Waals surface area contributed by atoms with Gasteiger partial charge in [-0.1, -0.05) is 36.4 Å². The fourth-order valence-electron chi connectivity index (χ4n) is 5.43. The van der Waals surface area contributed by atoms with E-state index in [4.69, 9.17) is 9.97 Å². The van der Waals surface area contributed by atoms with E-state index in [-0.39, 0.29) is 0 Å². The van der Waals surface area contributed by atoms with Crippen LogP contribution in [0.25, 0.3) is 44.7 Å². The van der Waals surface area contributed by atoms with Crippen LogP contribution in [0.4, 0.5) is 0 Å². The molecule has 0 radical (unpaired) electrons. The molecule has 36 heavy (non-hydrogen) atoms. The molecule has 2 aliphatic rings. The summed E-state index contributed by atoms with van der Waals surface area (Å²) in [5.74, 6) is 2.07. The van der Waals surface area contributed by atoms with Crippen molar-refractivity contribution in [2.75, 3.05) is 13.1 Å². The number of benzene rings is 2. The van der Waals surface area contributed by atoms with Gasteiger partial charge in [-0.15, -0.1) is 0 Å². The second-order valence-electron chi connectivity index (χ2n) is 9.84. The number of aromatic nitrogens is 5. The van der Waals surface area contributed by atoms with Gasteiger partial charge in [-0.05, 0) is 68.1 Å². The average molecular weight is 476 g/mol. The molecule has 5 heterocycles. The van der Waals surface area contributed by atoms with E-state index in [0.29, 0.717) is 12.1 Å². The van der Waals surface area contributed by atoms with Crippen LogP contribution in [0, 0.1) is 0 Å². The summed E-state index contributed by atoms with van der Waals surface area (Å²) in [5, 5.41) is 7.01. The van der Waals surface area contributed by atoms with Crippen LogP contribution in [0.3, 0.4) is 0 Å². The number of hydrogen-bond acceptors (Lipinski definition) is 5. The van der Waals surface area contributed by atoms with Gasteiger partial charge in [0.15, 0.2) is 0 Å². The Balaban J connectivity index is 1.09. The number of aromatic amines is 2. The molecule has 2 aliphatic heterocycles. The highest BCUT2D eigenvalue weighted by molar-refractivity contribution is 5.82. The maximum Gasteiger partial charge on any atom is 0.124 e. The van der Waals surface area contributed by atoms with Gasteiger partial charge in [0.1, 0.15) is 11.6 Å². The minimum absolute atomic E-state index is 0.341. The quantitative estimate of drug-likeness (QED) is 0.268. The zero-order chi connectivity index (χ0) is 23.9. The van der Waals surface area contributed by atoms with Gasteiger partial charge >= 0.3 is 0 Å². The lowest BCUT2D eigenvalue weighted by atomic mass is 10.0. The molecule has 0 bridgehead atoms. The van der Waals surface area contributed by atoms with Crippen molar-refractivity contribution in [1.29, 1.82) is 0 Å². The van der Waals surface area contributed by atoms with Crippen LogP contribution in [-0.4, -0.2) is 38.0 Å². The summed E-state index contributed by atoms with van der Waals surface area (Å²) in [6.45, 7) is 2.13. The fourth-order valence-corrected chi connectivity index (χ4v) is 5.43. The standard InChI is InChI=1S/C29H29N7/c1-3-24(30-13-1)28-33-17-27(36-28)19-7-5-18(6-8-19)22-11-10-21(16-32-22)20-9-12-23-26(15-20)35-29(34-23)25-4-2-14-31-25/h5-12,15-17,24-25,30-31H,1-4,13-14H2,(H,33,36)(H,34,35). The van der Waals surface area contributed by atoms with Crippen molar-refractivity contribution in [3.8, 4) is 33.6 Å². The molecule has 4 N–H and O–H groups in total. The number of pyridine rings is 1. The van der Waals surface area contributed by atoms with Gasteiger partial charge in [0.2, 0.25) is 0 Å². The first-order valence-electron chi connectivity index (χ1n) is 12.9. The Bertz CT molecular complexity index is 1490. The molecular formula is C29H29N7. The van der Waals surface area contributed by atoms with Crippen LogP contribution in [0.5, 0.6) is 0 Å². The highest BCUT2D eigenvalue weighted by atomic mass is 15.0. The highest BCUT2D eigenvalue weighted by Gasteiger charge is 2.20. The van der Waals surface area contributed by atoms with Gasteiger partial charge in [0.25, 0.3) is 0 Å². The zero-order valence-electron chi connectivity index (χ0n) is 20.1. The number of nitrogens with one attached hydrogen (secondary N) is 4. The first kappa shape index (κ1) is 21.5. The first-order valence-corrected chi connectivity index (χ1v) is 12.9. The summed E-state index contributed by atoms with van der Waals surface area (Å²) in [6.07, 6.45) is 8.58. The molecule has 2 fully saturated rings. The summed E-state index contributed by atoms with van der Waals surface area (Å²) >= 11 is 0. The lowest BCUT2D eigenvalue weighted by molar-refractivity contribution is 0.613. The predicted octanol–water partition coefficient (Wildman–Crippen LogP) is 5.53. The molecule has 0 saturated carbocycles. The number of nitrogens with zero attached hydrogens (tertiary/aromatic N) is 3. The molecule has 0 spiro atoms. The minimum atomic E-state index is 0.341. The van der Waals surface area contributed by atoms with Gasteiger partial charge < -0.3 is 20.6 Å². The number of rotatable bonds is 5. The number of imidazole rings is 2. The van der Waals surface area contributed by atoms with Crippen LogP contribution in [-0.2, 0) is 0 Å². The van der Waals surface area contributed by atoms with Crippen LogP contribution in [0.1, 0.15) is 49.4 Å². The van der Waals surface area contributed by atoms with E-state index in [1.165, 1.54) is 12.8 Å². The largest absolute Gasteiger partial charge is 0.341 e. The molecule has 5 aromatic rings. The van der Waals surface area contributed by atoms with E-state index in [0.717, 1.165) is 82.3 Å². The van der Waals surface area contributed by atoms with E-state index >= 15 is 0 Å². The number of H-pyrrole nitrogens is 2. The average Bonchev–Trinajstić information content (AvgIpc) is 3.75. The maximum atomic E-state index is 4.79. The Kier molecular flexibility index (Phi) is 5.37. The van der Waals surface area contributed by atoms with Crippen molar-refractivity contribution in [2.24, 2.45) is 0 Å². The third-order valence-corrected chi connectivity index (χ3v) is 7.46. The maximum absolute atomic E-state index is 4.79. The van der Waals surface area contributed by atoms with Gasteiger partial charge in [0.05, 0.1) is 40.7 Å². The topological polar surface area (TPSA) is 94.3 Å². The fraction of sp³-hybridized carbons (Fsp3) is 0.276. The monoisotopic (exact) mass is 475 g/mol. The molecule has 0 aliphatic carbocycles. The van der Waals surface area contributed by atoms with E-state index < -0.39 is 0 Å². The molecule has 7 rings (SSSR count). The summed E-state index contributed by atoms with van der Waals surface area (Å²) in [5.41, 5.74) is 8.55. The Morgan fingerprint density at radius 3 is 2.08 bits per heavy atom. The minimum Gasteiger partial charge on any atom is -0.341 e. The third-order valence-electron chi connectivity index (χ3n) is 7.46. The van der Waals surface area contributed by atoms with Crippen LogP contribution in [0.15, 0.2) is 67.0 Å². The molecule has 7 heteroatoms. The highest BCUT2D eigenvalue weighted by Crippen LogP contribution is 2.29. The molecule has 2 saturated heterocycles. The molecule has 2 unspecified atom stereocenters. The third kappa shape index (κ3) is 4.00. The van der Waals surface area contributed by atoms with Crippen molar-refractivity contribution in [2.45, 2.75) is 37.8 Å². The van der Waals surface area contributed by atoms with Crippen molar-refractivity contribution in [3.63, 3.8) is 0 Å². The summed E-state index contributed by atoms with van der Waals surface area (Å²) in [7, 11) is 0. The van der Waals surface area contributed by atoms with E-state index in [1.807, 2.05) is 12.4 Å². The van der Waals surface area contributed by atoms with E-state index in [2.05, 4.69) is 80.2 Å². The summed E-state index contributed by atoms with van der Waals surface area (Å²) in [4.78, 5) is 21.2. The Morgan fingerprint density at radius 1 is 0.639 bits per heavy atom. The second kappa shape index (κ2) is 9.00. The summed E-state index contributed by atoms with van der Waals surface area (Å²) < 4.78 is 0. The lowest BCUT2D eigenvalue weighted by Gasteiger charge is -2.06. The van der Waals surface area contributed by atoms with Gasteiger partial charge in [-0.25, -0.2) is 9.97 Å². The first-order chi connectivity index (χ1) is 17.8. The van der Waals surface area contributed by atoms with Gasteiger partial charge in [-0.2, -0.15) is 0 Å². The van der Waals surface area contributed by atoms with Crippen LogP contribution >= 0.6 is 0 Å². The van der Waals surface area contributed by atoms with Crippen LogP contribution in [0.2, 0.25) is 0 Å². The zero-order valence-corrected chi connectivity index (χ0v) is 20.1. The predicted molar refractivity (Wildman–Crippen MR) is 142 cm³/mol. The van der Waals surface area contributed by atoms with Gasteiger partial charge in [0, 0.05) is 17.3 Å². The molecule has 3 aromatic heterocycles. The molecule has 2 aromatic carbocycles. The molecule has 180 valence electrons. The molecule has 7 nitrogen and oxygen atoms in total. The van der Waals surface area contributed by atoms with Crippen molar-refractivity contribution >= 4 is 11.0 Å². The normalized spacial score (nSPS) is 19.9. The lowest BCUT2D eigenvalue weighted by Crippen LogP contribution is -2.14.